The Hall–Kier alpha value is -0.870. The first-order valence-corrected chi connectivity index (χ1v) is 7.79. The number of carboxylic acid groups (broad SMARTS) is 1. The molecule has 0 amide bonds. The van der Waals surface area contributed by atoms with E-state index in [2.05, 4.69) is 0 Å². The summed E-state index contributed by atoms with van der Waals surface area (Å²) in [4.78, 5) is 13.3. The molecule has 1 fully saturated rings. The number of aryl methyl sites for hydroxylation is 1. The number of carbonyl (C=O) groups is 1. The van der Waals surface area contributed by atoms with E-state index in [4.69, 9.17) is 5.11 Å². The fraction of sp³-hybridized carbons (Fsp3) is 0.667. The minimum atomic E-state index is -0.739. The summed E-state index contributed by atoms with van der Waals surface area (Å²) in [5.74, 6) is -0.739. The van der Waals surface area contributed by atoms with Gasteiger partial charge in [0.2, 0.25) is 0 Å². The first-order valence-electron chi connectivity index (χ1n) is 6.97. The number of thiophene rings is 1. The maximum absolute atomic E-state index is 11.1. The van der Waals surface area contributed by atoms with Gasteiger partial charge >= 0.3 is 5.97 Å². The predicted octanol–water partition coefficient (Wildman–Crippen LogP) is 3.91. The first kappa shape index (κ1) is 14.5. The molecule has 1 aromatic heterocycles. The van der Waals surface area contributed by atoms with Crippen molar-refractivity contribution in [3.8, 4) is 0 Å². The highest BCUT2D eigenvalue weighted by atomic mass is 32.1. The van der Waals surface area contributed by atoms with Crippen molar-refractivity contribution >= 4 is 17.3 Å². The Bertz CT molecular complexity index is 432. The zero-order chi connectivity index (χ0) is 13.9. The molecule has 19 heavy (non-hydrogen) atoms. The summed E-state index contributed by atoms with van der Waals surface area (Å²) in [5.41, 5.74) is -0.207. The van der Waals surface area contributed by atoms with Gasteiger partial charge in [0.1, 0.15) is 0 Å². The summed E-state index contributed by atoms with van der Waals surface area (Å²) in [5, 5.41) is 19.5. The van der Waals surface area contributed by atoms with Crippen molar-refractivity contribution in [1.82, 2.24) is 0 Å². The maximum atomic E-state index is 11.1. The Morgan fingerprint density at radius 2 is 2.05 bits per heavy atom. The minimum absolute atomic E-state index is 0.189. The summed E-state index contributed by atoms with van der Waals surface area (Å²) < 4.78 is 0. The van der Waals surface area contributed by atoms with Crippen LogP contribution >= 0.6 is 11.3 Å². The van der Waals surface area contributed by atoms with E-state index < -0.39 is 12.1 Å². The number of aliphatic hydroxyl groups is 1. The van der Waals surface area contributed by atoms with Gasteiger partial charge in [0.25, 0.3) is 0 Å². The van der Waals surface area contributed by atoms with Crippen LogP contribution < -0.4 is 0 Å². The van der Waals surface area contributed by atoms with Crippen molar-refractivity contribution in [3.63, 3.8) is 0 Å². The zero-order valence-corrected chi connectivity index (χ0v) is 12.2. The summed E-state index contributed by atoms with van der Waals surface area (Å²) in [6.07, 6.45) is 5.48. The molecule has 106 valence electrons. The standard InChI is InChI=1S/C15H22O3S/c1-11-5-6-13(19-11)12(16)9-15(10-14(17)18)7-3-2-4-8-15/h5-6,12,16H,2-4,7-10H2,1H3,(H,17,18). The third kappa shape index (κ3) is 3.80. The Morgan fingerprint density at radius 1 is 1.37 bits per heavy atom. The lowest BCUT2D eigenvalue weighted by Gasteiger charge is -2.37. The van der Waals surface area contributed by atoms with E-state index in [9.17, 15) is 9.90 Å². The van der Waals surface area contributed by atoms with E-state index in [-0.39, 0.29) is 11.8 Å². The molecule has 1 heterocycles. The molecule has 4 heteroatoms. The Balaban J connectivity index is 2.08. The van der Waals surface area contributed by atoms with Crippen LogP contribution in [0, 0.1) is 12.3 Å². The van der Waals surface area contributed by atoms with Crippen LogP contribution in [0.4, 0.5) is 0 Å². The zero-order valence-electron chi connectivity index (χ0n) is 11.4. The fourth-order valence-electron chi connectivity index (χ4n) is 3.22. The highest BCUT2D eigenvalue weighted by Gasteiger charge is 2.36. The number of aliphatic hydroxyl groups excluding tert-OH is 1. The van der Waals surface area contributed by atoms with Gasteiger partial charge in [-0.2, -0.15) is 0 Å². The molecule has 1 saturated carbocycles. The minimum Gasteiger partial charge on any atom is -0.481 e. The summed E-state index contributed by atoms with van der Waals surface area (Å²) >= 11 is 1.60. The van der Waals surface area contributed by atoms with Crippen molar-refractivity contribution in [2.24, 2.45) is 5.41 Å². The summed E-state index contributed by atoms with van der Waals surface area (Å²) in [7, 11) is 0. The third-order valence-electron chi connectivity index (χ3n) is 4.16. The van der Waals surface area contributed by atoms with E-state index in [0.29, 0.717) is 6.42 Å². The van der Waals surface area contributed by atoms with Gasteiger partial charge in [-0.15, -0.1) is 11.3 Å². The third-order valence-corrected chi connectivity index (χ3v) is 5.26. The van der Waals surface area contributed by atoms with Gasteiger partial charge in [-0.05, 0) is 43.7 Å². The van der Waals surface area contributed by atoms with Crippen LogP contribution in [0.1, 0.15) is 60.8 Å². The van der Waals surface area contributed by atoms with Crippen LogP contribution in [0.5, 0.6) is 0 Å². The average Bonchev–Trinajstić information content (AvgIpc) is 2.76. The molecule has 2 rings (SSSR count). The van der Waals surface area contributed by atoms with Crippen molar-refractivity contribution < 1.29 is 15.0 Å². The first-order chi connectivity index (χ1) is 9.01. The molecule has 1 aliphatic rings. The number of carboxylic acids is 1. The lowest BCUT2D eigenvalue weighted by Crippen LogP contribution is -2.29. The topological polar surface area (TPSA) is 57.5 Å². The highest BCUT2D eigenvalue weighted by molar-refractivity contribution is 7.12. The van der Waals surface area contributed by atoms with E-state index in [1.54, 1.807) is 11.3 Å². The molecule has 0 spiro atoms. The molecular formula is C15H22O3S. The molecule has 0 bridgehead atoms. The molecule has 1 atom stereocenters. The smallest absolute Gasteiger partial charge is 0.303 e. The van der Waals surface area contributed by atoms with Crippen LogP contribution in [0.15, 0.2) is 12.1 Å². The molecule has 3 nitrogen and oxygen atoms in total. The molecule has 1 aliphatic carbocycles. The van der Waals surface area contributed by atoms with Crippen LogP contribution in [0.2, 0.25) is 0 Å². The Kier molecular flexibility index (Phi) is 4.63. The van der Waals surface area contributed by atoms with E-state index >= 15 is 0 Å². The predicted molar refractivity (Wildman–Crippen MR) is 76.4 cm³/mol. The molecule has 1 unspecified atom stereocenters. The lowest BCUT2D eigenvalue weighted by atomic mass is 9.68. The number of hydrogen-bond acceptors (Lipinski definition) is 3. The van der Waals surface area contributed by atoms with Crippen molar-refractivity contribution in [2.75, 3.05) is 0 Å². The van der Waals surface area contributed by atoms with Gasteiger partial charge < -0.3 is 10.2 Å². The van der Waals surface area contributed by atoms with Crippen molar-refractivity contribution in [1.29, 1.82) is 0 Å². The highest BCUT2D eigenvalue weighted by Crippen LogP contribution is 2.46. The van der Waals surface area contributed by atoms with Gasteiger partial charge in [0.15, 0.2) is 0 Å². The quantitative estimate of drug-likeness (QED) is 0.861. The SMILES string of the molecule is Cc1ccc(C(O)CC2(CC(=O)O)CCCCC2)s1. The van der Waals surface area contributed by atoms with E-state index in [1.165, 1.54) is 11.3 Å². The van der Waals surface area contributed by atoms with Gasteiger partial charge in [-0.3, -0.25) is 4.79 Å². The van der Waals surface area contributed by atoms with Gasteiger partial charge in [-0.25, -0.2) is 0 Å². The van der Waals surface area contributed by atoms with Crippen LogP contribution in [-0.4, -0.2) is 16.2 Å². The fourth-order valence-corrected chi connectivity index (χ4v) is 4.08. The van der Waals surface area contributed by atoms with Gasteiger partial charge in [-0.1, -0.05) is 19.3 Å². The van der Waals surface area contributed by atoms with Crippen LogP contribution in [-0.2, 0) is 4.79 Å². The number of rotatable bonds is 5. The van der Waals surface area contributed by atoms with Crippen LogP contribution in [0.3, 0.4) is 0 Å². The second-order valence-electron chi connectivity index (χ2n) is 5.80. The maximum Gasteiger partial charge on any atom is 0.303 e. The Morgan fingerprint density at radius 3 is 2.58 bits per heavy atom. The van der Waals surface area contributed by atoms with Gasteiger partial charge in [0.05, 0.1) is 12.5 Å². The molecule has 1 aromatic rings. The number of hydrogen-bond donors (Lipinski definition) is 2. The van der Waals surface area contributed by atoms with Gasteiger partial charge in [0, 0.05) is 9.75 Å². The molecular weight excluding hydrogens is 260 g/mol. The van der Waals surface area contributed by atoms with E-state index in [1.807, 2.05) is 19.1 Å². The second-order valence-corrected chi connectivity index (χ2v) is 7.12. The summed E-state index contributed by atoms with van der Waals surface area (Å²) in [6, 6.07) is 3.97. The van der Waals surface area contributed by atoms with Crippen LogP contribution in [0.25, 0.3) is 0 Å². The molecule has 0 aromatic carbocycles. The second kappa shape index (κ2) is 6.06. The monoisotopic (exact) mass is 282 g/mol. The van der Waals surface area contributed by atoms with Crippen molar-refractivity contribution in [3.05, 3.63) is 21.9 Å². The normalized spacial score (nSPS) is 20.1. The molecule has 2 N–H and O–H groups in total. The van der Waals surface area contributed by atoms with Crippen molar-refractivity contribution in [2.45, 2.75) is 58.0 Å². The average molecular weight is 282 g/mol. The molecule has 0 saturated heterocycles. The molecule has 0 aliphatic heterocycles. The summed E-state index contributed by atoms with van der Waals surface area (Å²) in [6.45, 7) is 2.02. The Labute approximate surface area is 118 Å². The lowest BCUT2D eigenvalue weighted by molar-refractivity contribution is -0.141. The molecule has 0 radical (unpaired) electrons. The number of aliphatic carboxylic acids is 1. The van der Waals surface area contributed by atoms with E-state index in [0.717, 1.165) is 30.6 Å². The largest absolute Gasteiger partial charge is 0.481 e.